The molecule has 136 valence electrons. The van der Waals surface area contributed by atoms with Gasteiger partial charge in [-0.2, -0.15) is 0 Å². The molecule has 0 atom stereocenters. The van der Waals surface area contributed by atoms with Crippen molar-refractivity contribution in [2.45, 2.75) is 26.3 Å². The van der Waals surface area contributed by atoms with E-state index in [9.17, 15) is 14.0 Å². The van der Waals surface area contributed by atoms with Crippen LogP contribution in [0.5, 0.6) is 0 Å². The number of hydrogen-bond donors (Lipinski definition) is 1. The van der Waals surface area contributed by atoms with Crippen LogP contribution in [0, 0.1) is 18.7 Å². The quantitative estimate of drug-likeness (QED) is 0.916. The van der Waals surface area contributed by atoms with Gasteiger partial charge in [0, 0.05) is 31.1 Å². The molecule has 0 bridgehead atoms. The second-order valence-corrected chi connectivity index (χ2v) is 6.78. The average Bonchev–Trinajstić information content (AvgIpc) is 2.67. The van der Waals surface area contributed by atoms with Crippen molar-refractivity contribution >= 4 is 11.8 Å². The first-order chi connectivity index (χ1) is 12.5. The molecule has 1 aliphatic heterocycles. The van der Waals surface area contributed by atoms with Gasteiger partial charge in [0.25, 0.3) is 5.91 Å². The van der Waals surface area contributed by atoms with Crippen molar-refractivity contribution in [1.29, 1.82) is 0 Å². The Morgan fingerprint density at radius 1 is 1.12 bits per heavy atom. The smallest absolute Gasteiger partial charge is 0.253 e. The first kappa shape index (κ1) is 18.1. The second-order valence-electron chi connectivity index (χ2n) is 6.78. The van der Waals surface area contributed by atoms with E-state index < -0.39 is 0 Å². The molecule has 1 heterocycles. The Kier molecular flexibility index (Phi) is 5.66. The molecular weight excluding hydrogens is 331 g/mol. The molecule has 2 aromatic carbocycles. The zero-order valence-corrected chi connectivity index (χ0v) is 14.9. The lowest BCUT2D eigenvalue weighted by Crippen LogP contribution is -2.42. The van der Waals surface area contributed by atoms with Crippen molar-refractivity contribution < 1.29 is 14.0 Å². The van der Waals surface area contributed by atoms with Crippen molar-refractivity contribution in [1.82, 2.24) is 10.2 Å². The van der Waals surface area contributed by atoms with E-state index in [0.717, 1.165) is 11.1 Å². The summed E-state index contributed by atoms with van der Waals surface area (Å²) in [4.78, 5) is 26.7. The summed E-state index contributed by atoms with van der Waals surface area (Å²) >= 11 is 0. The lowest BCUT2D eigenvalue weighted by Gasteiger charge is -2.31. The highest BCUT2D eigenvalue weighted by Crippen LogP contribution is 2.20. The van der Waals surface area contributed by atoms with Crippen LogP contribution in [0.1, 0.15) is 34.3 Å². The van der Waals surface area contributed by atoms with E-state index in [1.54, 1.807) is 12.1 Å². The predicted octanol–water partition coefficient (Wildman–Crippen LogP) is 3.30. The minimum absolute atomic E-state index is 0.00280. The SMILES string of the molecule is Cc1cccc(C(=O)N2CCC(C(=O)NCc3ccc(F)cc3)CC2)c1. The van der Waals surface area contributed by atoms with Gasteiger partial charge < -0.3 is 10.2 Å². The first-order valence-electron chi connectivity index (χ1n) is 8.91. The van der Waals surface area contributed by atoms with Gasteiger partial charge >= 0.3 is 0 Å². The van der Waals surface area contributed by atoms with Crippen molar-refractivity contribution in [3.8, 4) is 0 Å². The zero-order chi connectivity index (χ0) is 18.5. The maximum atomic E-state index is 12.9. The van der Waals surface area contributed by atoms with Crippen molar-refractivity contribution in [3.05, 3.63) is 71.0 Å². The van der Waals surface area contributed by atoms with Gasteiger partial charge in [0.05, 0.1) is 0 Å². The summed E-state index contributed by atoms with van der Waals surface area (Å²) in [6.45, 7) is 3.53. The molecule has 2 aromatic rings. The summed E-state index contributed by atoms with van der Waals surface area (Å²) in [5.41, 5.74) is 2.63. The maximum absolute atomic E-state index is 12.9. The molecule has 1 saturated heterocycles. The van der Waals surface area contributed by atoms with Gasteiger partial charge in [-0.25, -0.2) is 4.39 Å². The maximum Gasteiger partial charge on any atom is 0.253 e. The lowest BCUT2D eigenvalue weighted by molar-refractivity contribution is -0.126. The Labute approximate surface area is 153 Å². The van der Waals surface area contributed by atoms with Crippen molar-refractivity contribution in [3.63, 3.8) is 0 Å². The molecule has 1 fully saturated rings. The molecular formula is C21H23FN2O2. The molecule has 4 nitrogen and oxygen atoms in total. The van der Waals surface area contributed by atoms with Gasteiger partial charge in [-0.05, 0) is 49.6 Å². The van der Waals surface area contributed by atoms with Gasteiger partial charge in [-0.15, -0.1) is 0 Å². The average molecular weight is 354 g/mol. The van der Waals surface area contributed by atoms with Crippen LogP contribution >= 0.6 is 0 Å². The molecule has 0 aromatic heterocycles. The van der Waals surface area contributed by atoms with E-state index in [1.165, 1.54) is 12.1 Å². The van der Waals surface area contributed by atoms with E-state index in [2.05, 4.69) is 5.32 Å². The van der Waals surface area contributed by atoms with Crippen molar-refractivity contribution in [2.75, 3.05) is 13.1 Å². The second kappa shape index (κ2) is 8.13. The molecule has 0 unspecified atom stereocenters. The molecule has 0 aliphatic carbocycles. The first-order valence-corrected chi connectivity index (χ1v) is 8.91. The zero-order valence-electron chi connectivity index (χ0n) is 14.9. The van der Waals surface area contributed by atoms with Crippen LogP contribution in [-0.2, 0) is 11.3 Å². The molecule has 0 spiro atoms. The number of halogens is 1. The number of carbonyl (C=O) groups is 2. The summed E-state index contributed by atoms with van der Waals surface area (Å²) in [6.07, 6.45) is 1.32. The van der Waals surface area contributed by atoms with Gasteiger partial charge in [0.15, 0.2) is 0 Å². The highest BCUT2D eigenvalue weighted by atomic mass is 19.1. The van der Waals surface area contributed by atoms with Crippen LogP contribution in [0.3, 0.4) is 0 Å². The van der Waals surface area contributed by atoms with E-state index in [4.69, 9.17) is 0 Å². The van der Waals surface area contributed by atoms with Crippen LogP contribution in [0.4, 0.5) is 4.39 Å². The predicted molar refractivity (Wildman–Crippen MR) is 98.1 cm³/mol. The van der Waals surface area contributed by atoms with Gasteiger partial charge in [-0.3, -0.25) is 9.59 Å². The third-order valence-electron chi connectivity index (χ3n) is 4.80. The molecule has 3 rings (SSSR count). The molecule has 5 heteroatoms. The number of carbonyl (C=O) groups excluding carboxylic acids is 2. The number of rotatable bonds is 4. The van der Waals surface area contributed by atoms with Crippen LogP contribution in [-0.4, -0.2) is 29.8 Å². The van der Waals surface area contributed by atoms with E-state index in [-0.39, 0.29) is 23.5 Å². The monoisotopic (exact) mass is 354 g/mol. The van der Waals surface area contributed by atoms with Gasteiger partial charge in [0.1, 0.15) is 5.82 Å². The van der Waals surface area contributed by atoms with Crippen LogP contribution < -0.4 is 5.32 Å². The largest absolute Gasteiger partial charge is 0.352 e. The minimum atomic E-state index is -0.286. The standard InChI is InChI=1S/C21H23FN2O2/c1-15-3-2-4-18(13-15)21(26)24-11-9-17(10-12-24)20(25)23-14-16-5-7-19(22)8-6-16/h2-8,13,17H,9-12,14H2,1H3,(H,23,25). The lowest BCUT2D eigenvalue weighted by atomic mass is 9.95. The number of hydrogen-bond acceptors (Lipinski definition) is 2. The van der Waals surface area contributed by atoms with E-state index >= 15 is 0 Å². The Hall–Kier alpha value is -2.69. The summed E-state index contributed by atoms with van der Waals surface area (Å²) in [6, 6.07) is 13.7. The van der Waals surface area contributed by atoms with Crippen LogP contribution in [0.15, 0.2) is 48.5 Å². The number of benzene rings is 2. The Bertz CT molecular complexity index is 781. The number of likely N-dealkylation sites (tertiary alicyclic amines) is 1. The molecule has 26 heavy (non-hydrogen) atoms. The molecule has 1 N–H and O–H groups in total. The third kappa shape index (κ3) is 4.48. The molecule has 1 aliphatic rings. The molecule has 2 amide bonds. The summed E-state index contributed by atoms with van der Waals surface area (Å²) in [5.74, 6) is -0.349. The Morgan fingerprint density at radius 3 is 2.46 bits per heavy atom. The van der Waals surface area contributed by atoms with Crippen LogP contribution in [0.25, 0.3) is 0 Å². The van der Waals surface area contributed by atoms with E-state index in [1.807, 2.05) is 36.1 Å². The fourth-order valence-corrected chi connectivity index (χ4v) is 3.24. The topological polar surface area (TPSA) is 49.4 Å². The number of piperidine rings is 1. The Balaban J connectivity index is 1.49. The third-order valence-corrected chi connectivity index (χ3v) is 4.80. The van der Waals surface area contributed by atoms with E-state index in [0.29, 0.717) is 38.0 Å². The fraction of sp³-hybridized carbons (Fsp3) is 0.333. The number of aryl methyl sites for hydroxylation is 1. The summed E-state index contributed by atoms with van der Waals surface area (Å²) in [7, 11) is 0. The molecule has 0 radical (unpaired) electrons. The normalized spacial score (nSPS) is 14.9. The van der Waals surface area contributed by atoms with Crippen LogP contribution in [0.2, 0.25) is 0 Å². The van der Waals surface area contributed by atoms with Crippen molar-refractivity contribution in [2.24, 2.45) is 5.92 Å². The number of amides is 2. The van der Waals surface area contributed by atoms with Gasteiger partial charge in [0.2, 0.25) is 5.91 Å². The Morgan fingerprint density at radius 2 is 1.81 bits per heavy atom. The summed E-state index contributed by atoms with van der Waals surface area (Å²) in [5, 5.41) is 2.91. The molecule has 0 saturated carbocycles. The highest BCUT2D eigenvalue weighted by Gasteiger charge is 2.27. The van der Waals surface area contributed by atoms with Gasteiger partial charge in [-0.1, -0.05) is 29.8 Å². The number of nitrogens with zero attached hydrogens (tertiary/aromatic N) is 1. The summed E-state index contributed by atoms with van der Waals surface area (Å²) < 4.78 is 12.9. The number of nitrogens with one attached hydrogen (secondary N) is 1. The highest BCUT2D eigenvalue weighted by molar-refractivity contribution is 5.94. The minimum Gasteiger partial charge on any atom is -0.352 e. The fourth-order valence-electron chi connectivity index (χ4n) is 3.24.